The van der Waals surface area contributed by atoms with Crippen molar-refractivity contribution in [2.24, 2.45) is 5.92 Å². The van der Waals surface area contributed by atoms with Crippen LogP contribution < -0.4 is 5.32 Å². The second kappa shape index (κ2) is 6.73. The van der Waals surface area contributed by atoms with Crippen molar-refractivity contribution < 1.29 is 5.11 Å². The molecule has 0 heterocycles. The van der Waals surface area contributed by atoms with Crippen molar-refractivity contribution in [3.63, 3.8) is 0 Å². The standard InChI is InChI=1S/C18H27NO/c20-18-11-6-14(12-18)13-19-17-9-7-16(8-10-17)15-4-2-1-3-5-15/h1-5,14,16-20H,6-13H2. The van der Waals surface area contributed by atoms with Gasteiger partial charge in [0, 0.05) is 6.04 Å². The van der Waals surface area contributed by atoms with Crippen LogP contribution in [0, 0.1) is 5.92 Å². The van der Waals surface area contributed by atoms with E-state index < -0.39 is 0 Å². The Kier molecular flexibility index (Phi) is 4.74. The molecule has 2 N–H and O–H groups in total. The Morgan fingerprint density at radius 2 is 1.70 bits per heavy atom. The molecule has 2 saturated carbocycles. The summed E-state index contributed by atoms with van der Waals surface area (Å²) in [5, 5.41) is 13.3. The molecular formula is C18H27NO. The van der Waals surface area contributed by atoms with Gasteiger partial charge in [-0.3, -0.25) is 0 Å². The third kappa shape index (κ3) is 3.62. The summed E-state index contributed by atoms with van der Waals surface area (Å²) in [5.41, 5.74) is 1.52. The lowest BCUT2D eigenvalue weighted by atomic mass is 9.81. The molecule has 2 aliphatic rings. The minimum absolute atomic E-state index is 0.0318. The predicted octanol–water partition coefficient (Wildman–Crippen LogP) is 3.46. The van der Waals surface area contributed by atoms with Crippen LogP contribution >= 0.6 is 0 Å². The molecule has 0 spiro atoms. The van der Waals surface area contributed by atoms with Gasteiger partial charge in [-0.1, -0.05) is 30.3 Å². The van der Waals surface area contributed by atoms with Crippen LogP contribution in [0.15, 0.2) is 30.3 Å². The van der Waals surface area contributed by atoms with E-state index in [4.69, 9.17) is 0 Å². The molecule has 20 heavy (non-hydrogen) atoms. The summed E-state index contributed by atoms with van der Waals surface area (Å²) < 4.78 is 0. The first-order valence-electron chi connectivity index (χ1n) is 8.27. The van der Waals surface area contributed by atoms with E-state index in [1.54, 1.807) is 0 Å². The maximum absolute atomic E-state index is 9.57. The van der Waals surface area contributed by atoms with Crippen molar-refractivity contribution in [1.82, 2.24) is 5.32 Å². The second-order valence-electron chi connectivity index (χ2n) is 6.70. The quantitative estimate of drug-likeness (QED) is 0.880. The van der Waals surface area contributed by atoms with E-state index in [0.717, 1.165) is 25.3 Å². The zero-order valence-corrected chi connectivity index (χ0v) is 12.3. The molecule has 2 heteroatoms. The summed E-state index contributed by atoms with van der Waals surface area (Å²) in [5.74, 6) is 1.47. The van der Waals surface area contributed by atoms with Crippen molar-refractivity contribution in [3.05, 3.63) is 35.9 Å². The van der Waals surface area contributed by atoms with Crippen LogP contribution in [-0.4, -0.2) is 23.8 Å². The Hall–Kier alpha value is -0.860. The summed E-state index contributed by atoms with van der Waals surface area (Å²) in [6, 6.07) is 11.7. The Labute approximate surface area is 122 Å². The van der Waals surface area contributed by atoms with Gasteiger partial charge < -0.3 is 10.4 Å². The number of rotatable bonds is 4. The molecule has 0 aliphatic heterocycles. The van der Waals surface area contributed by atoms with Crippen LogP contribution in [0.2, 0.25) is 0 Å². The SMILES string of the molecule is OC1CCC(CNC2CCC(c3ccccc3)CC2)C1. The molecule has 2 aliphatic carbocycles. The average Bonchev–Trinajstić information content (AvgIpc) is 2.92. The van der Waals surface area contributed by atoms with Crippen molar-refractivity contribution >= 4 is 0 Å². The molecular weight excluding hydrogens is 246 g/mol. The number of nitrogens with one attached hydrogen (secondary N) is 1. The molecule has 110 valence electrons. The van der Waals surface area contributed by atoms with Gasteiger partial charge in [-0.25, -0.2) is 0 Å². The Bertz CT molecular complexity index is 397. The fourth-order valence-corrected chi connectivity index (χ4v) is 3.92. The van der Waals surface area contributed by atoms with Crippen molar-refractivity contribution in [1.29, 1.82) is 0 Å². The molecule has 2 nitrogen and oxygen atoms in total. The second-order valence-corrected chi connectivity index (χ2v) is 6.70. The number of aliphatic hydroxyl groups excluding tert-OH is 1. The van der Waals surface area contributed by atoms with Crippen LogP contribution in [0.4, 0.5) is 0 Å². The number of hydrogen-bond acceptors (Lipinski definition) is 2. The highest BCUT2D eigenvalue weighted by molar-refractivity contribution is 5.20. The largest absolute Gasteiger partial charge is 0.393 e. The monoisotopic (exact) mass is 273 g/mol. The lowest BCUT2D eigenvalue weighted by Gasteiger charge is -2.30. The molecule has 0 radical (unpaired) electrons. The fraction of sp³-hybridized carbons (Fsp3) is 0.667. The van der Waals surface area contributed by atoms with Crippen LogP contribution in [0.3, 0.4) is 0 Å². The smallest absolute Gasteiger partial charge is 0.0543 e. The molecule has 0 saturated heterocycles. The molecule has 0 amide bonds. The minimum atomic E-state index is -0.0318. The van der Waals surface area contributed by atoms with E-state index in [1.807, 2.05) is 0 Å². The average molecular weight is 273 g/mol. The van der Waals surface area contributed by atoms with Crippen molar-refractivity contribution in [2.75, 3.05) is 6.54 Å². The summed E-state index contributed by atoms with van der Waals surface area (Å²) in [7, 11) is 0. The van der Waals surface area contributed by atoms with Crippen LogP contribution in [0.25, 0.3) is 0 Å². The molecule has 1 aromatic carbocycles. The van der Waals surface area contributed by atoms with E-state index in [1.165, 1.54) is 37.7 Å². The Balaban J connectivity index is 1.40. The Morgan fingerprint density at radius 3 is 2.35 bits per heavy atom. The van der Waals surface area contributed by atoms with Crippen LogP contribution in [-0.2, 0) is 0 Å². The van der Waals surface area contributed by atoms with E-state index in [9.17, 15) is 5.11 Å². The fourth-order valence-electron chi connectivity index (χ4n) is 3.92. The summed E-state index contributed by atoms with van der Waals surface area (Å²) >= 11 is 0. The first-order chi connectivity index (χ1) is 9.81. The van der Waals surface area contributed by atoms with Crippen molar-refractivity contribution in [2.45, 2.75) is 63.0 Å². The van der Waals surface area contributed by atoms with Gasteiger partial charge in [0.2, 0.25) is 0 Å². The third-order valence-electron chi connectivity index (χ3n) is 5.21. The summed E-state index contributed by atoms with van der Waals surface area (Å²) in [6.07, 6.45) is 8.41. The highest BCUT2D eigenvalue weighted by atomic mass is 16.3. The van der Waals surface area contributed by atoms with E-state index in [2.05, 4.69) is 35.6 Å². The van der Waals surface area contributed by atoms with Crippen molar-refractivity contribution in [3.8, 4) is 0 Å². The van der Waals surface area contributed by atoms with Gasteiger partial charge in [0.1, 0.15) is 0 Å². The van der Waals surface area contributed by atoms with E-state index in [-0.39, 0.29) is 6.10 Å². The third-order valence-corrected chi connectivity index (χ3v) is 5.21. The summed E-state index contributed by atoms with van der Waals surface area (Å²) in [4.78, 5) is 0. The maximum Gasteiger partial charge on any atom is 0.0543 e. The predicted molar refractivity (Wildman–Crippen MR) is 82.8 cm³/mol. The minimum Gasteiger partial charge on any atom is -0.393 e. The van der Waals surface area contributed by atoms with E-state index in [0.29, 0.717) is 12.0 Å². The zero-order valence-electron chi connectivity index (χ0n) is 12.3. The molecule has 2 atom stereocenters. The maximum atomic E-state index is 9.57. The number of aliphatic hydroxyl groups is 1. The molecule has 1 aromatic rings. The topological polar surface area (TPSA) is 32.3 Å². The molecule has 2 fully saturated rings. The van der Waals surface area contributed by atoms with Gasteiger partial charge in [0.15, 0.2) is 0 Å². The van der Waals surface area contributed by atoms with Gasteiger partial charge >= 0.3 is 0 Å². The van der Waals surface area contributed by atoms with Crippen LogP contribution in [0.1, 0.15) is 56.4 Å². The molecule has 0 aromatic heterocycles. The van der Waals surface area contributed by atoms with Gasteiger partial charge in [-0.15, -0.1) is 0 Å². The van der Waals surface area contributed by atoms with Gasteiger partial charge in [0.25, 0.3) is 0 Å². The Morgan fingerprint density at radius 1 is 0.950 bits per heavy atom. The first-order valence-corrected chi connectivity index (χ1v) is 8.27. The molecule has 2 unspecified atom stereocenters. The lowest BCUT2D eigenvalue weighted by Crippen LogP contribution is -2.35. The summed E-state index contributed by atoms with van der Waals surface area (Å²) in [6.45, 7) is 1.11. The number of hydrogen-bond donors (Lipinski definition) is 2. The van der Waals surface area contributed by atoms with Gasteiger partial charge in [0.05, 0.1) is 6.10 Å². The molecule has 0 bridgehead atoms. The van der Waals surface area contributed by atoms with Gasteiger partial charge in [-0.05, 0) is 68.9 Å². The number of benzene rings is 1. The zero-order chi connectivity index (χ0) is 13.8. The highest BCUT2D eigenvalue weighted by Gasteiger charge is 2.25. The van der Waals surface area contributed by atoms with Gasteiger partial charge in [-0.2, -0.15) is 0 Å². The normalized spacial score (nSPS) is 34.2. The van der Waals surface area contributed by atoms with E-state index >= 15 is 0 Å². The molecule has 3 rings (SSSR count). The lowest BCUT2D eigenvalue weighted by molar-refractivity contribution is 0.176. The van der Waals surface area contributed by atoms with Crippen LogP contribution in [0.5, 0.6) is 0 Å². The first kappa shape index (κ1) is 14.1. The highest BCUT2D eigenvalue weighted by Crippen LogP contribution is 2.33.